The first-order chi connectivity index (χ1) is 15.1. The SMILES string of the molecule is COc1cc(OC)cc(N2CCC(Nc3cnn(Cc4ccccc4)c(=O)c3Cl)C2)c1. The summed E-state index contributed by atoms with van der Waals surface area (Å²) in [6.07, 6.45) is 2.53. The summed E-state index contributed by atoms with van der Waals surface area (Å²) < 4.78 is 12.1. The van der Waals surface area contributed by atoms with Gasteiger partial charge in [0, 0.05) is 43.0 Å². The van der Waals surface area contributed by atoms with E-state index in [9.17, 15) is 4.79 Å². The molecule has 1 fully saturated rings. The monoisotopic (exact) mass is 440 g/mol. The van der Waals surface area contributed by atoms with Gasteiger partial charge in [-0.2, -0.15) is 5.10 Å². The minimum absolute atomic E-state index is 0.140. The lowest BCUT2D eigenvalue weighted by atomic mass is 10.2. The minimum atomic E-state index is -0.303. The molecule has 1 unspecified atom stereocenters. The van der Waals surface area contributed by atoms with Gasteiger partial charge in [-0.1, -0.05) is 41.9 Å². The molecule has 1 saturated heterocycles. The molecular formula is C23H25ClN4O3. The van der Waals surface area contributed by atoms with Crippen molar-refractivity contribution in [1.29, 1.82) is 0 Å². The van der Waals surface area contributed by atoms with Gasteiger partial charge in [0.2, 0.25) is 0 Å². The summed E-state index contributed by atoms with van der Waals surface area (Å²) in [5.74, 6) is 1.50. The fourth-order valence-electron chi connectivity index (χ4n) is 3.74. The number of methoxy groups -OCH3 is 2. The Balaban J connectivity index is 1.46. The number of nitrogens with zero attached hydrogens (tertiary/aromatic N) is 3. The Bertz CT molecular complexity index is 1080. The Labute approximate surface area is 186 Å². The van der Waals surface area contributed by atoms with Crippen LogP contribution in [0.2, 0.25) is 5.02 Å². The maximum atomic E-state index is 12.7. The van der Waals surface area contributed by atoms with Crippen LogP contribution in [0.25, 0.3) is 0 Å². The molecule has 7 nitrogen and oxygen atoms in total. The standard InChI is InChI=1S/C23H25ClN4O3/c1-30-19-10-18(11-20(12-19)31-2)27-9-8-17(15-27)26-21-13-25-28(23(29)22(21)24)14-16-6-4-3-5-7-16/h3-7,10-13,17,26H,8-9,14-15H2,1-2H3. The Morgan fingerprint density at radius 2 is 1.84 bits per heavy atom. The van der Waals surface area contributed by atoms with Crippen molar-refractivity contribution in [2.24, 2.45) is 0 Å². The molecule has 0 spiro atoms. The molecule has 1 aromatic heterocycles. The van der Waals surface area contributed by atoms with E-state index in [2.05, 4.69) is 15.3 Å². The molecule has 162 valence electrons. The van der Waals surface area contributed by atoms with Crippen LogP contribution < -0.4 is 25.2 Å². The lowest BCUT2D eigenvalue weighted by molar-refractivity contribution is 0.394. The van der Waals surface area contributed by atoms with Crippen LogP contribution in [-0.2, 0) is 6.54 Å². The van der Waals surface area contributed by atoms with E-state index in [1.807, 2.05) is 48.5 Å². The molecule has 0 amide bonds. The summed E-state index contributed by atoms with van der Waals surface area (Å²) in [4.78, 5) is 14.9. The van der Waals surface area contributed by atoms with Crippen LogP contribution in [0.4, 0.5) is 11.4 Å². The topological polar surface area (TPSA) is 68.6 Å². The third-order valence-electron chi connectivity index (χ3n) is 5.41. The van der Waals surface area contributed by atoms with Gasteiger partial charge < -0.3 is 19.7 Å². The fourth-order valence-corrected chi connectivity index (χ4v) is 3.94. The highest BCUT2D eigenvalue weighted by molar-refractivity contribution is 6.32. The Morgan fingerprint density at radius 1 is 1.13 bits per heavy atom. The minimum Gasteiger partial charge on any atom is -0.497 e. The highest BCUT2D eigenvalue weighted by atomic mass is 35.5. The molecule has 31 heavy (non-hydrogen) atoms. The maximum absolute atomic E-state index is 12.7. The van der Waals surface area contributed by atoms with Crippen molar-refractivity contribution >= 4 is 23.0 Å². The summed E-state index contributed by atoms with van der Waals surface area (Å²) in [7, 11) is 3.28. The quantitative estimate of drug-likeness (QED) is 0.604. The molecule has 0 aliphatic carbocycles. The zero-order valence-electron chi connectivity index (χ0n) is 17.5. The number of rotatable bonds is 7. The number of halogens is 1. The third kappa shape index (κ3) is 4.77. The second-order valence-electron chi connectivity index (χ2n) is 7.47. The van der Waals surface area contributed by atoms with E-state index < -0.39 is 0 Å². The fraction of sp³-hybridized carbons (Fsp3) is 0.304. The van der Waals surface area contributed by atoms with Gasteiger partial charge in [0.05, 0.1) is 32.6 Å². The first-order valence-corrected chi connectivity index (χ1v) is 10.5. The molecule has 2 heterocycles. The Hall–Kier alpha value is -3.19. The molecule has 1 N–H and O–H groups in total. The van der Waals surface area contributed by atoms with Gasteiger partial charge in [-0.3, -0.25) is 4.79 Å². The van der Waals surface area contributed by atoms with E-state index in [0.717, 1.165) is 42.3 Å². The summed E-state index contributed by atoms with van der Waals surface area (Å²) in [6.45, 7) is 2.01. The average molecular weight is 441 g/mol. The normalized spacial score (nSPS) is 15.7. The first kappa shape index (κ1) is 21.1. The predicted octanol–water partition coefficient (Wildman–Crippen LogP) is 3.65. The summed E-state index contributed by atoms with van der Waals surface area (Å²) in [6, 6.07) is 15.7. The van der Waals surface area contributed by atoms with Crippen molar-refractivity contribution in [3.05, 3.63) is 75.7 Å². The van der Waals surface area contributed by atoms with E-state index >= 15 is 0 Å². The molecule has 4 rings (SSSR count). The van der Waals surface area contributed by atoms with E-state index in [4.69, 9.17) is 21.1 Å². The Morgan fingerprint density at radius 3 is 2.52 bits per heavy atom. The molecule has 0 radical (unpaired) electrons. The van der Waals surface area contributed by atoms with Gasteiger partial charge in [0.1, 0.15) is 16.5 Å². The van der Waals surface area contributed by atoms with Gasteiger partial charge in [-0.05, 0) is 12.0 Å². The van der Waals surface area contributed by atoms with Gasteiger partial charge in [-0.15, -0.1) is 0 Å². The van der Waals surface area contributed by atoms with Crippen molar-refractivity contribution in [2.75, 3.05) is 37.5 Å². The molecule has 0 bridgehead atoms. The van der Waals surface area contributed by atoms with Crippen LogP contribution in [0.1, 0.15) is 12.0 Å². The maximum Gasteiger partial charge on any atom is 0.287 e. The van der Waals surface area contributed by atoms with Crippen molar-refractivity contribution in [2.45, 2.75) is 19.0 Å². The summed E-state index contributed by atoms with van der Waals surface area (Å²) >= 11 is 6.39. The van der Waals surface area contributed by atoms with Gasteiger partial charge in [0.15, 0.2) is 0 Å². The van der Waals surface area contributed by atoms with Crippen LogP contribution >= 0.6 is 11.6 Å². The second-order valence-corrected chi connectivity index (χ2v) is 7.85. The third-order valence-corrected chi connectivity index (χ3v) is 5.77. The molecular weight excluding hydrogens is 416 g/mol. The largest absolute Gasteiger partial charge is 0.497 e. The highest BCUT2D eigenvalue weighted by Gasteiger charge is 2.25. The molecule has 8 heteroatoms. The average Bonchev–Trinajstić information content (AvgIpc) is 3.28. The van der Waals surface area contributed by atoms with Crippen LogP contribution in [0.3, 0.4) is 0 Å². The highest BCUT2D eigenvalue weighted by Crippen LogP contribution is 2.31. The number of ether oxygens (including phenoxy) is 2. The van der Waals surface area contributed by atoms with Crippen LogP contribution in [-0.4, -0.2) is 43.1 Å². The molecule has 1 atom stereocenters. The number of hydrogen-bond acceptors (Lipinski definition) is 6. The smallest absolute Gasteiger partial charge is 0.287 e. The van der Waals surface area contributed by atoms with E-state index in [1.165, 1.54) is 4.68 Å². The predicted molar refractivity (Wildman–Crippen MR) is 123 cm³/mol. The summed E-state index contributed by atoms with van der Waals surface area (Å²) in [5.41, 5.74) is 2.28. The van der Waals surface area contributed by atoms with Gasteiger partial charge in [-0.25, -0.2) is 4.68 Å². The van der Waals surface area contributed by atoms with E-state index in [0.29, 0.717) is 12.2 Å². The van der Waals surface area contributed by atoms with Crippen molar-refractivity contribution < 1.29 is 9.47 Å². The molecule has 1 aliphatic heterocycles. The van der Waals surface area contributed by atoms with Crippen molar-refractivity contribution in [1.82, 2.24) is 9.78 Å². The van der Waals surface area contributed by atoms with Crippen molar-refractivity contribution in [3.8, 4) is 11.5 Å². The second kappa shape index (κ2) is 9.31. The molecule has 3 aromatic rings. The van der Waals surface area contributed by atoms with Crippen molar-refractivity contribution in [3.63, 3.8) is 0 Å². The first-order valence-electron chi connectivity index (χ1n) is 10.1. The van der Waals surface area contributed by atoms with Crippen LogP contribution in [0.15, 0.2) is 59.5 Å². The van der Waals surface area contributed by atoms with Crippen LogP contribution in [0.5, 0.6) is 11.5 Å². The van der Waals surface area contributed by atoms with E-state index in [1.54, 1.807) is 20.4 Å². The number of nitrogens with one attached hydrogen (secondary N) is 1. The van der Waals surface area contributed by atoms with Gasteiger partial charge in [0.25, 0.3) is 5.56 Å². The lowest BCUT2D eigenvalue weighted by Gasteiger charge is -2.21. The molecule has 0 saturated carbocycles. The number of benzene rings is 2. The van der Waals surface area contributed by atoms with Gasteiger partial charge >= 0.3 is 0 Å². The molecule has 2 aromatic carbocycles. The Kier molecular flexibility index (Phi) is 6.32. The zero-order chi connectivity index (χ0) is 21.8. The number of hydrogen-bond donors (Lipinski definition) is 1. The molecule has 1 aliphatic rings. The summed E-state index contributed by atoms with van der Waals surface area (Å²) in [5, 5.41) is 7.86. The lowest BCUT2D eigenvalue weighted by Crippen LogP contribution is -2.29. The number of aromatic nitrogens is 2. The number of anilines is 2. The van der Waals surface area contributed by atoms with E-state index in [-0.39, 0.29) is 16.6 Å². The van der Waals surface area contributed by atoms with Crippen LogP contribution in [0, 0.1) is 0 Å². The zero-order valence-corrected chi connectivity index (χ0v) is 18.3.